The number of rotatable bonds is 9. The van der Waals surface area contributed by atoms with Gasteiger partial charge in [0.2, 0.25) is 11.5 Å². The van der Waals surface area contributed by atoms with Crippen LogP contribution in [0.3, 0.4) is 0 Å². The summed E-state index contributed by atoms with van der Waals surface area (Å²) in [5.41, 5.74) is 8.33. The third-order valence-corrected chi connectivity index (χ3v) is 8.89. The zero-order chi connectivity index (χ0) is 32.4. The van der Waals surface area contributed by atoms with E-state index in [1.165, 1.54) is 0 Å². The summed E-state index contributed by atoms with van der Waals surface area (Å²) in [6.45, 7) is 2.06. The molecule has 234 valence electrons. The Morgan fingerprint density at radius 3 is 2.04 bits per heavy atom. The first-order valence-electron chi connectivity index (χ1n) is 15.5. The number of para-hydroxylation sites is 1. The Morgan fingerprint density at radius 1 is 0.787 bits per heavy atom. The van der Waals surface area contributed by atoms with Gasteiger partial charge < -0.3 is 9.15 Å². The van der Waals surface area contributed by atoms with Crippen LogP contribution in [0.4, 0.5) is 11.4 Å². The number of allylic oxidation sites excluding steroid dienone is 2. The lowest BCUT2D eigenvalue weighted by molar-refractivity contribution is -0.673. The van der Waals surface area contributed by atoms with Gasteiger partial charge in [-0.25, -0.2) is 0 Å². The van der Waals surface area contributed by atoms with Gasteiger partial charge in [-0.1, -0.05) is 97.9 Å². The van der Waals surface area contributed by atoms with Crippen LogP contribution in [-0.2, 0) is 16.7 Å². The molecule has 2 heterocycles. The van der Waals surface area contributed by atoms with E-state index >= 15 is 0 Å². The average molecular weight is 642 g/mol. The molecule has 0 saturated heterocycles. The van der Waals surface area contributed by atoms with Gasteiger partial charge >= 0.3 is 5.89 Å². The highest BCUT2D eigenvalue weighted by atomic mass is 32.2. The predicted molar refractivity (Wildman–Crippen MR) is 186 cm³/mol. The summed E-state index contributed by atoms with van der Waals surface area (Å²) >= 11 is 0. The van der Waals surface area contributed by atoms with Crippen LogP contribution in [0.25, 0.3) is 39.4 Å². The molecule has 0 aliphatic carbocycles. The van der Waals surface area contributed by atoms with Crippen LogP contribution in [-0.4, -0.2) is 18.7 Å². The van der Waals surface area contributed by atoms with Crippen molar-refractivity contribution in [3.63, 3.8) is 0 Å². The lowest BCUT2D eigenvalue weighted by Gasteiger charge is -2.19. The summed E-state index contributed by atoms with van der Waals surface area (Å²) in [4.78, 5) is 2.10. The van der Waals surface area contributed by atoms with E-state index in [4.69, 9.17) is 9.15 Å². The number of aromatic nitrogens is 1. The lowest BCUT2D eigenvalue weighted by Crippen LogP contribution is -2.38. The van der Waals surface area contributed by atoms with Crippen molar-refractivity contribution in [2.75, 3.05) is 10.7 Å². The van der Waals surface area contributed by atoms with Crippen molar-refractivity contribution >= 4 is 38.7 Å². The molecule has 0 atom stereocenters. The maximum Gasteiger partial charge on any atom is 0.374 e. The van der Waals surface area contributed by atoms with Crippen molar-refractivity contribution in [3.8, 4) is 28.0 Å². The van der Waals surface area contributed by atoms with Gasteiger partial charge in [-0.15, -0.1) is 0 Å². The summed E-state index contributed by atoms with van der Waals surface area (Å²) in [6.07, 6.45) is 4.54. The quantitative estimate of drug-likeness (QED) is 0.126. The van der Waals surface area contributed by atoms with Gasteiger partial charge in [0.1, 0.15) is 5.75 Å². The number of anilines is 2. The molecule has 0 saturated carbocycles. The van der Waals surface area contributed by atoms with E-state index in [1.54, 1.807) is 4.57 Å². The van der Waals surface area contributed by atoms with E-state index in [2.05, 4.69) is 29.2 Å². The molecule has 1 aromatic heterocycles. The number of oxazole rings is 1. The Labute approximate surface area is 274 Å². The predicted octanol–water partition coefficient (Wildman–Crippen LogP) is 8.81. The largest absolute Gasteiger partial charge is 0.438 e. The number of nitrogens with zero attached hydrogens (tertiary/aromatic N) is 2. The van der Waals surface area contributed by atoms with Crippen molar-refractivity contribution in [2.45, 2.75) is 19.9 Å². The molecule has 0 unspecified atom stereocenters. The van der Waals surface area contributed by atoms with Gasteiger partial charge in [-0.05, 0) is 64.6 Å². The average Bonchev–Trinajstić information content (AvgIpc) is 3.63. The zero-order valence-corrected chi connectivity index (χ0v) is 26.6. The van der Waals surface area contributed by atoms with Gasteiger partial charge in [-0.3, -0.25) is 9.45 Å². The molecule has 5 aromatic carbocycles. The number of hydrogen-bond acceptors (Lipinski definition) is 5. The van der Waals surface area contributed by atoms with Crippen molar-refractivity contribution in [2.24, 2.45) is 0 Å². The maximum atomic E-state index is 11.8. The second kappa shape index (κ2) is 12.7. The molecule has 0 fully saturated rings. The fourth-order valence-corrected chi connectivity index (χ4v) is 6.24. The first-order chi connectivity index (χ1) is 22.9. The monoisotopic (exact) mass is 641 g/mol. The minimum absolute atomic E-state index is 0.0177. The van der Waals surface area contributed by atoms with Crippen LogP contribution in [0, 0.1) is 0 Å². The molecule has 0 amide bonds. The van der Waals surface area contributed by atoms with Crippen LogP contribution in [0.1, 0.15) is 19.2 Å². The molecule has 7 rings (SSSR count). The normalized spacial score (nSPS) is 14.0. The Kier molecular flexibility index (Phi) is 8.20. The first kappa shape index (κ1) is 30.2. The van der Waals surface area contributed by atoms with E-state index < -0.39 is 15.9 Å². The van der Waals surface area contributed by atoms with Gasteiger partial charge in [0.05, 0.1) is 11.8 Å². The molecule has 0 spiro atoms. The summed E-state index contributed by atoms with van der Waals surface area (Å²) in [5.74, 6) is 1.40. The highest BCUT2D eigenvalue weighted by Crippen LogP contribution is 2.46. The van der Waals surface area contributed by atoms with Crippen LogP contribution in [0.5, 0.6) is 5.75 Å². The molecule has 47 heavy (non-hydrogen) atoms. The van der Waals surface area contributed by atoms with Crippen LogP contribution >= 0.6 is 0 Å². The molecular weight excluding hydrogens is 609 g/mol. The third kappa shape index (κ3) is 6.47. The van der Waals surface area contributed by atoms with Gasteiger partial charge in [-0.2, -0.15) is 13.0 Å². The highest BCUT2D eigenvalue weighted by molar-refractivity contribution is 7.85. The Bertz CT molecular complexity index is 2230. The van der Waals surface area contributed by atoms with Gasteiger partial charge in [0.25, 0.3) is 15.6 Å². The number of fused-ring (bicyclic) bond motifs is 2. The lowest BCUT2D eigenvalue weighted by atomic mass is 10.0. The summed E-state index contributed by atoms with van der Waals surface area (Å²) in [6, 6.07) is 42.3. The molecule has 0 bridgehead atoms. The molecular formula is C39H33N2O5S+. The number of aryl methyl sites for hydroxylation is 1. The number of ether oxygens (including phenoxy) is 1. The SMILES string of the molecule is CCC(=Cc1oc2ccc(-c3ccccc3)cc2[n+]1CCS(=O)(=O)O)C=C1Oc2ccc(-c3ccccc3)cc2N1c1ccccc1. The van der Waals surface area contributed by atoms with Crippen molar-refractivity contribution in [1.82, 2.24) is 0 Å². The van der Waals surface area contributed by atoms with Crippen LogP contribution in [0.15, 0.2) is 149 Å². The standard InChI is InChI=1S/C39H32N2O5S/c1-2-28(24-38-40(22-23-47(42,43)44)34-26-31(18-20-36(34)45-38)29-12-6-3-7-13-29)25-39-41(33-16-10-5-11-17-33)35-27-32(19-21-37(35)46-39)30-14-8-4-9-15-30/h3-21,24-27H,2,22-23H2,1H3/p+1. The fourth-order valence-electron chi connectivity index (χ4n) is 5.82. The molecule has 6 aromatic rings. The maximum absolute atomic E-state index is 11.8. The molecule has 8 heteroatoms. The van der Waals surface area contributed by atoms with Crippen molar-refractivity contribution < 1.29 is 26.7 Å². The molecule has 1 aliphatic heterocycles. The molecule has 7 nitrogen and oxygen atoms in total. The minimum atomic E-state index is -4.21. The van der Waals surface area contributed by atoms with Crippen LogP contribution in [0.2, 0.25) is 0 Å². The summed E-state index contributed by atoms with van der Waals surface area (Å²) < 4.78 is 47.9. The third-order valence-electron chi connectivity index (χ3n) is 8.19. The number of benzene rings is 5. The van der Waals surface area contributed by atoms with Gasteiger partial charge in [0.15, 0.2) is 12.3 Å². The highest BCUT2D eigenvalue weighted by Gasteiger charge is 2.29. The first-order valence-corrected chi connectivity index (χ1v) is 17.1. The summed E-state index contributed by atoms with van der Waals surface area (Å²) in [5, 5.41) is 0. The second-order valence-electron chi connectivity index (χ2n) is 11.3. The van der Waals surface area contributed by atoms with E-state index in [9.17, 15) is 13.0 Å². The summed E-state index contributed by atoms with van der Waals surface area (Å²) in [7, 11) is -4.21. The van der Waals surface area contributed by atoms with Crippen LogP contribution < -0.4 is 14.2 Å². The van der Waals surface area contributed by atoms with E-state index in [1.807, 2.05) is 122 Å². The minimum Gasteiger partial charge on any atom is -0.438 e. The fraction of sp³-hybridized carbons (Fsp3) is 0.103. The Balaban J connectivity index is 1.32. The van der Waals surface area contributed by atoms with Gasteiger partial charge in [0, 0.05) is 17.8 Å². The Hall–Kier alpha value is -5.44. The molecule has 0 radical (unpaired) electrons. The molecule has 1 N–H and O–H groups in total. The Morgan fingerprint density at radius 2 is 1.40 bits per heavy atom. The van der Waals surface area contributed by atoms with E-state index in [-0.39, 0.29) is 6.54 Å². The van der Waals surface area contributed by atoms with E-state index in [0.717, 1.165) is 50.5 Å². The van der Waals surface area contributed by atoms with E-state index in [0.29, 0.717) is 23.8 Å². The smallest absolute Gasteiger partial charge is 0.374 e. The molecule has 1 aliphatic rings. The zero-order valence-electron chi connectivity index (χ0n) is 25.8. The number of hydrogen-bond donors (Lipinski definition) is 1. The van der Waals surface area contributed by atoms with Crippen molar-refractivity contribution in [1.29, 1.82) is 0 Å². The van der Waals surface area contributed by atoms with Crippen molar-refractivity contribution in [3.05, 3.63) is 151 Å². The second-order valence-corrected chi connectivity index (χ2v) is 12.9. The topological polar surface area (TPSA) is 83.9 Å².